The van der Waals surface area contributed by atoms with Crippen LogP contribution in [0.3, 0.4) is 0 Å². The Kier molecular flexibility index (Phi) is 8.03. The van der Waals surface area contributed by atoms with Crippen LogP contribution >= 0.6 is 0 Å². The van der Waals surface area contributed by atoms with E-state index in [9.17, 15) is 18.0 Å². The van der Waals surface area contributed by atoms with Gasteiger partial charge >= 0.3 is 6.36 Å². The van der Waals surface area contributed by atoms with Crippen LogP contribution in [-0.4, -0.2) is 34.3 Å². The van der Waals surface area contributed by atoms with Crippen LogP contribution < -0.4 is 15.4 Å². The largest absolute Gasteiger partial charge is 0.573 e. The van der Waals surface area contributed by atoms with Crippen LogP contribution in [0, 0.1) is 0 Å². The van der Waals surface area contributed by atoms with E-state index in [4.69, 9.17) is 4.74 Å². The highest BCUT2D eigenvalue weighted by molar-refractivity contribution is 5.92. The lowest BCUT2D eigenvalue weighted by Crippen LogP contribution is -2.18. The SMILES string of the molecule is C\C=C(/C=C\C=C(/C)Nc1ncc2cc(Oc3ccnc(C(=O)NC)c3)ccc2n1)OC(F)(F)F. The molecule has 0 saturated heterocycles. The molecule has 3 aromatic rings. The molecule has 35 heavy (non-hydrogen) atoms. The summed E-state index contributed by atoms with van der Waals surface area (Å²) in [6.45, 7) is 3.16. The standard InChI is InChI=1S/C24H22F3N5O3/c1-4-17(35-24(25,26)27)7-5-6-15(2)31-23-30-14-16-12-18(8-9-20(16)32-23)34-19-10-11-29-21(13-19)22(33)28-3/h4-14H,1-3H3,(H,28,33)(H,30,31,32)/b7-5-,15-6+,17-4+. The molecule has 0 aliphatic heterocycles. The molecule has 0 aliphatic carbocycles. The molecule has 0 bridgehead atoms. The third-order valence-electron chi connectivity index (χ3n) is 4.41. The number of nitrogens with one attached hydrogen (secondary N) is 2. The van der Waals surface area contributed by atoms with Gasteiger partial charge in [0.15, 0.2) is 0 Å². The van der Waals surface area contributed by atoms with Gasteiger partial charge in [0.1, 0.15) is 23.0 Å². The number of aromatic nitrogens is 3. The number of pyridine rings is 1. The van der Waals surface area contributed by atoms with E-state index < -0.39 is 6.36 Å². The molecule has 0 unspecified atom stereocenters. The highest BCUT2D eigenvalue weighted by Gasteiger charge is 2.31. The number of alkyl halides is 3. The topological polar surface area (TPSA) is 98.3 Å². The molecular weight excluding hydrogens is 463 g/mol. The second kappa shape index (κ2) is 11.1. The van der Waals surface area contributed by atoms with Crippen molar-refractivity contribution in [3.05, 3.63) is 84.2 Å². The molecule has 3 rings (SSSR count). The molecular formula is C24H22F3N5O3. The minimum atomic E-state index is -4.75. The molecule has 182 valence electrons. The number of rotatable bonds is 8. The highest BCUT2D eigenvalue weighted by Crippen LogP contribution is 2.26. The van der Waals surface area contributed by atoms with Crippen LogP contribution in [0.1, 0.15) is 24.3 Å². The third kappa shape index (κ3) is 7.56. The van der Waals surface area contributed by atoms with Gasteiger partial charge in [-0.25, -0.2) is 9.97 Å². The van der Waals surface area contributed by atoms with Crippen molar-refractivity contribution in [2.75, 3.05) is 12.4 Å². The monoisotopic (exact) mass is 485 g/mol. The molecule has 0 radical (unpaired) electrons. The quantitative estimate of drug-likeness (QED) is 0.322. The average Bonchev–Trinajstić information content (AvgIpc) is 2.82. The summed E-state index contributed by atoms with van der Waals surface area (Å²) in [6, 6.07) is 8.40. The zero-order valence-corrected chi connectivity index (χ0v) is 19.1. The summed E-state index contributed by atoms with van der Waals surface area (Å²) in [5, 5.41) is 6.21. The van der Waals surface area contributed by atoms with E-state index in [1.165, 1.54) is 44.5 Å². The van der Waals surface area contributed by atoms with Crippen molar-refractivity contribution in [2.24, 2.45) is 0 Å². The van der Waals surface area contributed by atoms with E-state index >= 15 is 0 Å². The zero-order valence-electron chi connectivity index (χ0n) is 19.1. The van der Waals surface area contributed by atoms with Crippen molar-refractivity contribution in [3.63, 3.8) is 0 Å². The normalized spacial score (nSPS) is 12.6. The van der Waals surface area contributed by atoms with Crippen LogP contribution in [0.15, 0.2) is 78.5 Å². The fraction of sp³-hybridized carbons (Fsp3) is 0.167. The van der Waals surface area contributed by atoms with E-state index in [-0.39, 0.29) is 17.4 Å². The van der Waals surface area contributed by atoms with Crippen molar-refractivity contribution >= 4 is 22.8 Å². The number of halogens is 3. The fourth-order valence-electron chi connectivity index (χ4n) is 2.83. The Morgan fingerprint density at radius 1 is 1.11 bits per heavy atom. The number of amides is 1. The summed E-state index contributed by atoms with van der Waals surface area (Å²) in [5.41, 5.74) is 1.49. The Labute approximate surface area is 199 Å². The molecule has 0 aliphatic rings. The van der Waals surface area contributed by atoms with Gasteiger partial charge in [-0.1, -0.05) is 6.08 Å². The number of carbonyl (C=O) groups is 1. The summed E-state index contributed by atoms with van der Waals surface area (Å²) in [5.74, 6) is 0.651. The van der Waals surface area contributed by atoms with Gasteiger partial charge in [0.25, 0.3) is 5.91 Å². The summed E-state index contributed by atoms with van der Waals surface area (Å²) < 4.78 is 46.7. The molecule has 0 saturated carbocycles. The van der Waals surface area contributed by atoms with Crippen molar-refractivity contribution < 1.29 is 27.4 Å². The van der Waals surface area contributed by atoms with Crippen molar-refractivity contribution in [2.45, 2.75) is 20.2 Å². The van der Waals surface area contributed by atoms with E-state index in [1.807, 2.05) is 0 Å². The van der Waals surface area contributed by atoms with E-state index in [1.54, 1.807) is 43.5 Å². The van der Waals surface area contributed by atoms with Crippen LogP contribution in [-0.2, 0) is 4.74 Å². The number of nitrogens with zero attached hydrogens (tertiary/aromatic N) is 3. The molecule has 2 N–H and O–H groups in total. The first-order chi connectivity index (χ1) is 16.7. The first kappa shape index (κ1) is 25.2. The molecule has 1 aromatic carbocycles. The van der Waals surface area contributed by atoms with Gasteiger partial charge in [0.2, 0.25) is 5.95 Å². The number of benzene rings is 1. The van der Waals surface area contributed by atoms with Gasteiger partial charge in [-0.2, -0.15) is 0 Å². The lowest BCUT2D eigenvalue weighted by atomic mass is 10.2. The zero-order chi connectivity index (χ0) is 25.4. The summed E-state index contributed by atoms with van der Waals surface area (Å²) in [6.07, 6.45) is 3.73. The van der Waals surface area contributed by atoms with Crippen LogP contribution in [0.25, 0.3) is 10.9 Å². The summed E-state index contributed by atoms with van der Waals surface area (Å²) >= 11 is 0. The minimum Gasteiger partial charge on any atom is -0.457 e. The van der Waals surface area contributed by atoms with Crippen LogP contribution in [0.2, 0.25) is 0 Å². The summed E-state index contributed by atoms with van der Waals surface area (Å²) in [7, 11) is 1.52. The molecule has 0 fully saturated rings. The van der Waals surface area contributed by atoms with E-state index in [0.29, 0.717) is 28.7 Å². The predicted octanol–water partition coefficient (Wildman–Crippen LogP) is 5.49. The van der Waals surface area contributed by atoms with Crippen LogP contribution in [0.4, 0.5) is 19.1 Å². The van der Waals surface area contributed by atoms with E-state index in [0.717, 1.165) is 5.39 Å². The van der Waals surface area contributed by atoms with Crippen molar-refractivity contribution in [3.8, 4) is 11.5 Å². The third-order valence-corrected chi connectivity index (χ3v) is 4.41. The highest BCUT2D eigenvalue weighted by atomic mass is 19.4. The second-order valence-electron chi connectivity index (χ2n) is 7.04. The predicted molar refractivity (Wildman–Crippen MR) is 125 cm³/mol. The fourth-order valence-corrected chi connectivity index (χ4v) is 2.83. The number of hydrogen-bond acceptors (Lipinski definition) is 7. The number of hydrogen-bond donors (Lipinski definition) is 2. The maximum atomic E-state index is 12.3. The van der Waals surface area contributed by atoms with Crippen molar-refractivity contribution in [1.29, 1.82) is 0 Å². The number of ether oxygens (including phenoxy) is 2. The molecule has 8 nitrogen and oxygen atoms in total. The van der Waals surface area contributed by atoms with Gasteiger partial charge in [-0.3, -0.25) is 9.78 Å². The van der Waals surface area contributed by atoms with Crippen molar-refractivity contribution in [1.82, 2.24) is 20.3 Å². The van der Waals surface area contributed by atoms with E-state index in [2.05, 4.69) is 30.3 Å². The molecule has 11 heteroatoms. The smallest absolute Gasteiger partial charge is 0.457 e. The molecule has 0 atom stereocenters. The van der Waals surface area contributed by atoms with Gasteiger partial charge in [-0.15, -0.1) is 13.2 Å². The first-order valence-electron chi connectivity index (χ1n) is 10.3. The minimum absolute atomic E-state index is 0.234. The lowest BCUT2D eigenvalue weighted by molar-refractivity contribution is -0.303. The molecule has 1 amide bonds. The second-order valence-corrected chi connectivity index (χ2v) is 7.04. The van der Waals surface area contributed by atoms with Gasteiger partial charge < -0.3 is 20.1 Å². The lowest BCUT2D eigenvalue weighted by Gasteiger charge is -2.09. The van der Waals surface area contributed by atoms with Gasteiger partial charge in [0.05, 0.1) is 5.52 Å². The Morgan fingerprint density at radius 3 is 2.60 bits per heavy atom. The average molecular weight is 485 g/mol. The Bertz CT molecular complexity index is 1300. The number of allylic oxidation sites excluding steroid dienone is 5. The Hall–Kier alpha value is -4.41. The molecule has 2 heterocycles. The molecule has 0 spiro atoms. The maximum absolute atomic E-state index is 12.3. The van der Waals surface area contributed by atoms with Gasteiger partial charge in [0, 0.05) is 36.6 Å². The Balaban J connectivity index is 1.68. The maximum Gasteiger partial charge on any atom is 0.573 e. The Morgan fingerprint density at radius 2 is 1.89 bits per heavy atom. The van der Waals surface area contributed by atoms with Crippen LogP contribution in [0.5, 0.6) is 11.5 Å². The number of anilines is 1. The van der Waals surface area contributed by atoms with Gasteiger partial charge in [-0.05, 0) is 56.3 Å². The number of fused-ring (bicyclic) bond motifs is 1. The molecule has 2 aromatic heterocycles. The first-order valence-corrected chi connectivity index (χ1v) is 10.3. The summed E-state index contributed by atoms with van der Waals surface area (Å²) in [4.78, 5) is 24.4. The number of carbonyl (C=O) groups excluding carboxylic acids is 1.